The summed E-state index contributed by atoms with van der Waals surface area (Å²) in [4.78, 5) is 11.9. The third kappa shape index (κ3) is 4.26. The molecule has 3 N–H and O–H groups in total. The minimum absolute atomic E-state index is 0.271. The molecule has 2 aromatic rings. The van der Waals surface area contributed by atoms with Crippen molar-refractivity contribution in [1.29, 1.82) is 0 Å². The topological polar surface area (TPSA) is 55.1 Å². The molecule has 6 heteroatoms. The third-order valence-electron chi connectivity index (χ3n) is 2.88. The van der Waals surface area contributed by atoms with Gasteiger partial charge in [-0.15, -0.1) is 0 Å². The minimum atomic E-state index is -0.626. The lowest BCUT2D eigenvalue weighted by Gasteiger charge is -2.07. The number of hydrogen-bond acceptors (Lipinski definition) is 2. The maximum absolute atomic E-state index is 13.0. The molecule has 0 radical (unpaired) electrons. The van der Waals surface area contributed by atoms with Gasteiger partial charge in [-0.05, 0) is 58.2 Å². The van der Waals surface area contributed by atoms with Gasteiger partial charge in [0.2, 0.25) is 0 Å². The van der Waals surface area contributed by atoms with E-state index in [1.165, 1.54) is 12.1 Å². The Labute approximate surface area is 129 Å². The molecule has 0 unspecified atom stereocenters. The largest absolute Gasteiger partial charge is 0.398 e. The molecule has 1 amide bonds. The van der Waals surface area contributed by atoms with Gasteiger partial charge in [0.05, 0.1) is 0 Å². The van der Waals surface area contributed by atoms with Crippen molar-refractivity contribution in [2.24, 2.45) is 0 Å². The number of halogens is 3. The van der Waals surface area contributed by atoms with Crippen molar-refractivity contribution in [1.82, 2.24) is 5.32 Å². The molecule has 2 aromatic carbocycles. The summed E-state index contributed by atoms with van der Waals surface area (Å²) < 4.78 is 26.7. The van der Waals surface area contributed by atoms with Crippen LogP contribution in [0.25, 0.3) is 0 Å². The first-order valence-electron chi connectivity index (χ1n) is 6.24. The Balaban J connectivity index is 1.93. The SMILES string of the molecule is Nc1ccc(C(=O)NCCc2cc(F)cc(F)c2)cc1Br. The van der Waals surface area contributed by atoms with Crippen LogP contribution in [-0.4, -0.2) is 12.5 Å². The van der Waals surface area contributed by atoms with Gasteiger partial charge in [-0.2, -0.15) is 0 Å². The Morgan fingerprint density at radius 3 is 2.43 bits per heavy atom. The summed E-state index contributed by atoms with van der Waals surface area (Å²) >= 11 is 3.25. The molecular weight excluding hydrogens is 342 g/mol. The summed E-state index contributed by atoms with van der Waals surface area (Å²) in [6.45, 7) is 0.281. The Morgan fingerprint density at radius 1 is 1.14 bits per heavy atom. The molecule has 3 nitrogen and oxygen atoms in total. The third-order valence-corrected chi connectivity index (χ3v) is 3.57. The predicted octanol–water partition coefficient (Wildman–Crippen LogP) is 3.28. The molecule has 0 spiro atoms. The van der Waals surface area contributed by atoms with Gasteiger partial charge in [-0.3, -0.25) is 4.79 Å². The predicted molar refractivity (Wildman–Crippen MR) is 80.9 cm³/mol. The Morgan fingerprint density at radius 2 is 1.81 bits per heavy atom. The first kappa shape index (κ1) is 15.4. The summed E-state index contributed by atoms with van der Waals surface area (Å²) in [5, 5.41) is 2.69. The van der Waals surface area contributed by atoms with Crippen molar-refractivity contribution < 1.29 is 13.6 Å². The van der Waals surface area contributed by atoms with Gasteiger partial charge in [-0.25, -0.2) is 8.78 Å². The quantitative estimate of drug-likeness (QED) is 0.827. The maximum Gasteiger partial charge on any atom is 0.251 e. The summed E-state index contributed by atoms with van der Waals surface area (Å²) in [7, 11) is 0. The van der Waals surface area contributed by atoms with Gasteiger partial charge in [0.25, 0.3) is 5.91 Å². The fourth-order valence-electron chi connectivity index (χ4n) is 1.85. The summed E-state index contributed by atoms with van der Waals surface area (Å²) in [6, 6.07) is 8.16. The second-order valence-electron chi connectivity index (χ2n) is 4.52. The monoisotopic (exact) mass is 354 g/mol. The molecule has 21 heavy (non-hydrogen) atoms. The van der Waals surface area contributed by atoms with Gasteiger partial charge in [0.15, 0.2) is 0 Å². The Kier molecular flexibility index (Phi) is 4.90. The molecule has 0 aliphatic carbocycles. The summed E-state index contributed by atoms with van der Waals surface area (Å²) in [5.74, 6) is -1.52. The number of anilines is 1. The van der Waals surface area contributed by atoms with Gasteiger partial charge in [0.1, 0.15) is 11.6 Å². The molecule has 0 aromatic heterocycles. The van der Waals surface area contributed by atoms with Crippen LogP contribution in [0.2, 0.25) is 0 Å². The van der Waals surface area contributed by atoms with Crippen LogP contribution in [-0.2, 0) is 6.42 Å². The Bertz CT molecular complexity index is 656. The number of rotatable bonds is 4. The van der Waals surface area contributed by atoms with Crippen LogP contribution in [0.5, 0.6) is 0 Å². The molecule has 0 bridgehead atoms. The van der Waals surface area contributed by atoms with Crippen LogP contribution >= 0.6 is 15.9 Å². The molecular formula is C15H13BrF2N2O. The first-order valence-corrected chi connectivity index (χ1v) is 7.03. The molecule has 0 saturated heterocycles. The van der Waals surface area contributed by atoms with E-state index >= 15 is 0 Å². The molecule has 0 aliphatic rings. The van der Waals surface area contributed by atoms with Crippen LogP contribution in [0.4, 0.5) is 14.5 Å². The zero-order valence-electron chi connectivity index (χ0n) is 11.0. The lowest BCUT2D eigenvalue weighted by Crippen LogP contribution is -2.25. The highest BCUT2D eigenvalue weighted by Crippen LogP contribution is 2.20. The van der Waals surface area contributed by atoms with Crippen LogP contribution in [0, 0.1) is 11.6 Å². The van der Waals surface area contributed by atoms with E-state index < -0.39 is 11.6 Å². The normalized spacial score (nSPS) is 10.4. The standard InChI is InChI=1S/C15H13BrF2N2O/c16-13-7-10(1-2-14(13)19)15(21)20-4-3-9-5-11(17)8-12(18)6-9/h1-2,5-8H,3-4,19H2,(H,20,21). The molecule has 0 fully saturated rings. The average molecular weight is 355 g/mol. The van der Waals surface area contributed by atoms with E-state index in [2.05, 4.69) is 21.2 Å². The van der Waals surface area contributed by atoms with Gasteiger partial charge in [0, 0.05) is 28.3 Å². The van der Waals surface area contributed by atoms with E-state index in [1.54, 1.807) is 18.2 Å². The van der Waals surface area contributed by atoms with E-state index in [0.717, 1.165) is 6.07 Å². The number of nitrogens with two attached hydrogens (primary N) is 1. The van der Waals surface area contributed by atoms with Crippen molar-refractivity contribution in [2.45, 2.75) is 6.42 Å². The second kappa shape index (κ2) is 6.67. The highest BCUT2D eigenvalue weighted by atomic mass is 79.9. The number of carbonyl (C=O) groups excluding carboxylic acids is 1. The lowest BCUT2D eigenvalue weighted by molar-refractivity contribution is 0.0954. The molecule has 2 rings (SSSR count). The van der Waals surface area contributed by atoms with Crippen LogP contribution in [0.3, 0.4) is 0 Å². The minimum Gasteiger partial charge on any atom is -0.398 e. The average Bonchev–Trinajstić information content (AvgIpc) is 2.40. The van der Waals surface area contributed by atoms with E-state index in [0.29, 0.717) is 27.7 Å². The molecule has 0 aliphatic heterocycles. The smallest absolute Gasteiger partial charge is 0.251 e. The van der Waals surface area contributed by atoms with E-state index in [4.69, 9.17) is 5.73 Å². The molecule has 110 valence electrons. The van der Waals surface area contributed by atoms with Gasteiger partial charge < -0.3 is 11.1 Å². The number of hydrogen-bond donors (Lipinski definition) is 2. The van der Waals surface area contributed by atoms with E-state index in [1.807, 2.05) is 0 Å². The van der Waals surface area contributed by atoms with E-state index in [-0.39, 0.29) is 12.5 Å². The van der Waals surface area contributed by atoms with Crippen molar-refractivity contribution >= 4 is 27.5 Å². The van der Waals surface area contributed by atoms with Gasteiger partial charge >= 0.3 is 0 Å². The number of nitrogens with one attached hydrogen (secondary N) is 1. The second-order valence-corrected chi connectivity index (χ2v) is 5.37. The zero-order valence-corrected chi connectivity index (χ0v) is 12.6. The number of amides is 1. The fourth-order valence-corrected chi connectivity index (χ4v) is 2.22. The van der Waals surface area contributed by atoms with Crippen molar-refractivity contribution in [3.8, 4) is 0 Å². The van der Waals surface area contributed by atoms with Crippen molar-refractivity contribution in [3.05, 3.63) is 63.6 Å². The molecule has 0 atom stereocenters. The zero-order chi connectivity index (χ0) is 15.4. The van der Waals surface area contributed by atoms with Crippen LogP contribution in [0.1, 0.15) is 15.9 Å². The van der Waals surface area contributed by atoms with Gasteiger partial charge in [-0.1, -0.05) is 0 Å². The van der Waals surface area contributed by atoms with Crippen molar-refractivity contribution in [3.63, 3.8) is 0 Å². The number of nitrogen functional groups attached to an aromatic ring is 1. The highest BCUT2D eigenvalue weighted by molar-refractivity contribution is 9.10. The van der Waals surface area contributed by atoms with Crippen LogP contribution in [0.15, 0.2) is 40.9 Å². The molecule has 0 heterocycles. The molecule has 0 saturated carbocycles. The number of benzene rings is 2. The van der Waals surface area contributed by atoms with Crippen molar-refractivity contribution in [2.75, 3.05) is 12.3 Å². The van der Waals surface area contributed by atoms with E-state index in [9.17, 15) is 13.6 Å². The maximum atomic E-state index is 13.0. The Hall–Kier alpha value is -1.95. The lowest BCUT2D eigenvalue weighted by atomic mass is 10.1. The summed E-state index contributed by atoms with van der Waals surface area (Å²) in [6.07, 6.45) is 0.344. The number of carbonyl (C=O) groups is 1. The van der Waals surface area contributed by atoms with Crippen LogP contribution < -0.4 is 11.1 Å². The fraction of sp³-hybridized carbons (Fsp3) is 0.133. The summed E-state index contributed by atoms with van der Waals surface area (Å²) in [5.41, 5.74) is 7.14. The highest BCUT2D eigenvalue weighted by Gasteiger charge is 2.07. The first-order chi connectivity index (χ1) is 9.95.